The molecule has 0 spiro atoms. The third kappa shape index (κ3) is 5.58. The summed E-state index contributed by atoms with van der Waals surface area (Å²) in [6.07, 6.45) is 4.20. The number of sulfone groups is 1. The van der Waals surface area contributed by atoms with Crippen LogP contribution in [0.25, 0.3) is 11.3 Å². The minimum atomic E-state index is -3.42. The van der Waals surface area contributed by atoms with Gasteiger partial charge < -0.3 is 19.4 Å². The standard InChI is InChI=1S/C25H36N2O5SSi/c1-17-23-20(10-11-26-25(23)28)24(27(17)16-31-12-13-34(3,4)5)21-14-19(33(2,29)30)8-9-22(21)32-15-18-6-7-18/h8-9,14,18H,6-7,10-13,15-16H2,1-5H3,(H,26,28). The summed E-state index contributed by atoms with van der Waals surface area (Å²) in [6, 6.07) is 6.09. The highest BCUT2D eigenvalue weighted by atomic mass is 32.2. The monoisotopic (exact) mass is 504 g/mol. The summed E-state index contributed by atoms with van der Waals surface area (Å²) in [5.41, 5.74) is 3.95. The number of hydrogen-bond donors (Lipinski definition) is 1. The topological polar surface area (TPSA) is 86.6 Å². The molecule has 1 aliphatic carbocycles. The zero-order valence-electron chi connectivity index (χ0n) is 20.9. The number of nitrogens with one attached hydrogen (secondary N) is 1. The molecule has 9 heteroatoms. The fourth-order valence-corrected chi connectivity index (χ4v) is 5.69. The zero-order chi connectivity index (χ0) is 24.7. The van der Waals surface area contributed by atoms with Gasteiger partial charge in [0.1, 0.15) is 12.5 Å². The van der Waals surface area contributed by atoms with Gasteiger partial charge in [0.2, 0.25) is 0 Å². The van der Waals surface area contributed by atoms with Crippen LogP contribution in [0.1, 0.15) is 34.5 Å². The fourth-order valence-electron chi connectivity index (χ4n) is 4.28. The second-order valence-electron chi connectivity index (χ2n) is 10.8. The lowest BCUT2D eigenvalue weighted by Crippen LogP contribution is -2.31. The molecule has 1 N–H and O–H groups in total. The number of amides is 1. The lowest BCUT2D eigenvalue weighted by atomic mass is 9.97. The molecule has 2 aliphatic rings. The predicted molar refractivity (Wildman–Crippen MR) is 136 cm³/mol. The van der Waals surface area contributed by atoms with Crippen molar-refractivity contribution in [2.75, 3.05) is 26.0 Å². The van der Waals surface area contributed by atoms with Crippen molar-refractivity contribution >= 4 is 23.8 Å². The van der Waals surface area contributed by atoms with Crippen molar-refractivity contribution in [1.82, 2.24) is 9.88 Å². The first kappa shape index (κ1) is 25.0. The van der Waals surface area contributed by atoms with E-state index in [0.29, 0.717) is 55.7 Å². The molecule has 4 rings (SSSR count). The van der Waals surface area contributed by atoms with E-state index >= 15 is 0 Å². The highest BCUT2D eigenvalue weighted by Gasteiger charge is 2.31. The Morgan fingerprint density at radius 2 is 1.94 bits per heavy atom. The summed E-state index contributed by atoms with van der Waals surface area (Å²) in [7, 11) is -4.66. The first-order chi connectivity index (χ1) is 16.0. The second kappa shape index (κ2) is 9.51. The van der Waals surface area contributed by atoms with Crippen LogP contribution < -0.4 is 10.1 Å². The molecule has 2 heterocycles. The Kier molecular flexibility index (Phi) is 6.99. The van der Waals surface area contributed by atoms with Crippen LogP contribution in [-0.4, -0.2) is 53.0 Å². The Morgan fingerprint density at radius 1 is 1.21 bits per heavy atom. The third-order valence-corrected chi connectivity index (χ3v) is 9.35. The lowest BCUT2D eigenvalue weighted by Gasteiger charge is -2.20. The van der Waals surface area contributed by atoms with Crippen LogP contribution in [0.3, 0.4) is 0 Å². The Bertz CT molecular complexity index is 1190. The molecule has 7 nitrogen and oxygen atoms in total. The van der Waals surface area contributed by atoms with Gasteiger partial charge in [-0.2, -0.15) is 0 Å². The van der Waals surface area contributed by atoms with Gasteiger partial charge in [-0.25, -0.2) is 8.42 Å². The molecule has 1 saturated carbocycles. The lowest BCUT2D eigenvalue weighted by molar-refractivity contribution is 0.0867. The zero-order valence-corrected chi connectivity index (χ0v) is 22.7. The molecule has 1 aromatic carbocycles. The minimum absolute atomic E-state index is 0.0967. The van der Waals surface area contributed by atoms with Crippen molar-refractivity contribution in [2.45, 2.75) is 63.5 Å². The van der Waals surface area contributed by atoms with Gasteiger partial charge in [0.25, 0.3) is 5.91 Å². The van der Waals surface area contributed by atoms with Crippen molar-refractivity contribution in [3.8, 4) is 17.0 Å². The Balaban J connectivity index is 1.81. The van der Waals surface area contributed by atoms with Gasteiger partial charge in [0.15, 0.2) is 9.84 Å². The van der Waals surface area contributed by atoms with Crippen molar-refractivity contribution in [3.05, 3.63) is 35.0 Å². The van der Waals surface area contributed by atoms with E-state index in [9.17, 15) is 13.2 Å². The van der Waals surface area contributed by atoms with E-state index in [2.05, 4.69) is 25.0 Å². The van der Waals surface area contributed by atoms with Gasteiger partial charge in [-0.1, -0.05) is 19.6 Å². The van der Waals surface area contributed by atoms with Crippen LogP contribution in [0.4, 0.5) is 0 Å². The summed E-state index contributed by atoms with van der Waals surface area (Å²) in [4.78, 5) is 13.0. The predicted octanol–water partition coefficient (Wildman–Crippen LogP) is 4.25. The van der Waals surface area contributed by atoms with Crippen molar-refractivity contribution < 1.29 is 22.7 Å². The molecular weight excluding hydrogens is 468 g/mol. The number of carbonyl (C=O) groups is 1. The number of fused-ring (bicyclic) bond motifs is 1. The van der Waals surface area contributed by atoms with Crippen LogP contribution >= 0.6 is 0 Å². The highest BCUT2D eigenvalue weighted by molar-refractivity contribution is 7.90. The van der Waals surface area contributed by atoms with Gasteiger partial charge in [0.05, 0.1) is 22.8 Å². The minimum Gasteiger partial charge on any atom is -0.493 e. The highest BCUT2D eigenvalue weighted by Crippen LogP contribution is 2.40. The van der Waals surface area contributed by atoms with E-state index in [1.54, 1.807) is 18.2 Å². The van der Waals surface area contributed by atoms with Gasteiger partial charge >= 0.3 is 0 Å². The van der Waals surface area contributed by atoms with E-state index in [1.807, 2.05) is 11.5 Å². The van der Waals surface area contributed by atoms with Crippen molar-refractivity contribution in [1.29, 1.82) is 0 Å². The average Bonchev–Trinajstić information content (AvgIpc) is 3.52. The van der Waals surface area contributed by atoms with Gasteiger partial charge in [0, 0.05) is 38.7 Å². The molecular formula is C25H36N2O5SSi. The molecule has 34 heavy (non-hydrogen) atoms. The first-order valence-electron chi connectivity index (χ1n) is 12.0. The third-order valence-electron chi connectivity index (χ3n) is 6.53. The van der Waals surface area contributed by atoms with E-state index < -0.39 is 17.9 Å². The van der Waals surface area contributed by atoms with E-state index in [-0.39, 0.29) is 10.8 Å². The number of aromatic nitrogens is 1. The molecule has 1 aromatic heterocycles. The fraction of sp³-hybridized carbons (Fsp3) is 0.560. The molecule has 0 unspecified atom stereocenters. The van der Waals surface area contributed by atoms with E-state index in [0.717, 1.165) is 35.8 Å². The second-order valence-corrected chi connectivity index (χ2v) is 18.4. The number of benzene rings is 1. The van der Waals surface area contributed by atoms with Gasteiger partial charge in [-0.15, -0.1) is 0 Å². The van der Waals surface area contributed by atoms with Gasteiger partial charge in [-0.3, -0.25) is 4.79 Å². The molecule has 2 aromatic rings. The Hall–Kier alpha value is -2.10. The summed E-state index contributed by atoms with van der Waals surface area (Å²) >= 11 is 0. The van der Waals surface area contributed by atoms with Crippen molar-refractivity contribution in [3.63, 3.8) is 0 Å². The smallest absolute Gasteiger partial charge is 0.253 e. The molecule has 0 radical (unpaired) electrons. The first-order valence-corrected chi connectivity index (χ1v) is 17.6. The molecule has 0 atom stereocenters. The van der Waals surface area contributed by atoms with Crippen LogP contribution in [0.15, 0.2) is 23.1 Å². The Labute approximate surface area is 203 Å². The number of nitrogens with zero attached hydrogens (tertiary/aromatic N) is 1. The average molecular weight is 505 g/mol. The van der Waals surface area contributed by atoms with Crippen LogP contribution in [0.5, 0.6) is 5.75 Å². The SMILES string of the molecule is Cc1c2c(c(-c3cc(S(C)(=O)=O)ccc3OCC3CC3)n1COCC[Si](C)(C)C)CCNC2=O. The maximum Gasteiger partial charge on any atom is 0.253 e. The normalized spacial score (nSPS) is 16.3. The number of hydrogen-bond acceptors (Lipinski definition) is 5. The molecule has 0 saturated heterocycles. The summed E-state index contributed by atoms with van der Waals surface area (Å²) in [5.74, 6) is 1.11. The maximum atomic E-state index is 12.8. The Morgan fingerprint density at radius 3 is 2.59 bits per heavy atom. The molecule has 1 fully saturated rings. The largest absolute Gasteiger partial charge is 0.493 e. The molecule has 1 amide bonds. The quantitative estimate of drug-likeness (QED) is 0.386. The number of rotatable bonds is 10. The van der Waals surface area contributed by atoms with Crippen LogP contribution in [-0.2, 0) is 27.7 Å². The number of carbonyl (C=O) groups excluding carboxylic acids is 1. The summed E-state index contributed by atoms with van der Waals surface area (Å²) < 4.78 is 39.1. The van der Waals surface area contributed by atoms with Gasteiger partial charge in [-0.05, 0) is 61.9 Å². The maximum absolute atomic E-state index is 12.8. The van der Waals surface area contributed by atoms with E-state index in [4.69, 9.17) is 9.47 Å². The van der Waals surface area contributed by atoms with Crippen molar-refractivity contribution in [2.24, 2.45) is 5.92 Å². The van der Waals surface area contributed by atoms with E-state index in [1.165, 1.54) is 6.26 Å². The van der Waals surface area contributed by atoms with Crippen LogP contribution in [0.2, 0.25) is 25.7 Å². The summed E-state index contributed by atoms with van der Waals surface area (Å²) in [5, 5.41) is 2.94. The molecule has 1 aliphatic heterocycles. The molecule has 186 valence electrons. The summed E-state index contributed by atoms with van der Waals surface area (Å²) in [6.45, 7) is 11.0. The van der Waals surface area contributed by atoms with Crippen LogP contribution in [0, 0.1) is 12.8 Å². The molecule has 0 bridgehead atoms. The number of ether oxygens (including phenoxy) is 2.